The molecule has 1 heterocycles. The molecule has 0 radical (unpaired) electrons. The number of nitrogens with zero attached hydrogens (tertiary/aromatic N) is 2. The first-order chi connectivity index (χ1) is 13.5. The molecule has 2 saturated carbocycles. The van der Waals surface area contributed by atoms with Crippen molar-refractivity contribution in [2.45, 2.75) is 77.4 Å². The van der Waals surface area contributed by atoms with Crippen molar-refractivity contribution in [1.82, 2.24) is 10.3 Å². The van der Waals surface area contributed by atoms with Gasteiger partial charge in [-0.15, -0.1) is 5.10 Å². The van der Waals surface area contributed by atoms with Gasteiger partial charge in [0.1, 0.15) is 6.10 Å². The second-order valence-electron chi connectivity index (χ2n) is 8.18. The standard InChI is InChI=1S/C21H34N4O3/c1-3-25(4-2)16-11-10-15-12-17(19(22)26)21(28-18(15)13-16)24-23-20(27)14-8-6-5-7-9-14/h12,14-16,18H,3-11,13H2,1-2H3,(H2,22,26)(H,23,27)/b24-21+. The first-order valence-electron chi connectivity index (χ1n) is 10.8. The molecule has 3 unspecified atom stereocenters. The van der Waals surface area contributed by atoms with Crippen LogP contribution in [0.2, 0.25) is 0 Å². The Balaban J connectivity index is 1.71. The molecule has 3 rings (SSSR count). The maximum atomic E-state index is 12.4. The third-order valence-electron chi connectivity index (χ3n) is 6.53. The van der Waals surface area contributed by atoms with Crippen LogP contribution >= 0.6 is 0 Å². The second-order valence-corrected chi connectivity index (χ2v) is 8.18. The number of fused-ring (bicyclic) bond motifs is 1. The van der Waals surface area contributed by atoms with Gasteiger partial charge in [0.25, 0.3) is 5.91 Å². The molecule has 28 heavy (non-hydrogen) atoms. The number of hydrazone groups is 1. The molecule has 0 aromatic heterocycles. The van der Waals surface area contributed by atoms with Gasteiger partial charge in [0, 0.05) is 24.3 Å². The first kappa shape index (κ1) is 20.8. The number of nitrogens with one attached hydrogen (secondary N) is 1. The van der Waals surface area contributed by atoms with E-state index in [-0.39, 0.29) is 35.3 Å². The van der Waals surface area contributed by atoms with E-state index in [1.165, 1.54) is 6.42 Å². The molecule has 2 amide bonds. The predicted octanol–water partition coefficient (Wildman–Crippen LogP) is 2.32. The van der Waals surface area contributed by atoms with Crippen molar-refractivity contribution in [2.75, 3.05) is 13.1 Å². The van der Waals surface area contributed by atoms with Gasteiger partial charge in [-0.05, 0) is 38.8 Å². The van der Waals surface area contributed by atoms with Crippen LogP contribution in [0.15, 0.2) is 16.8 Å². The van der Waals surface area contributed by atoms with Gasteiger partial charge < -0.3 is 15.4 Å². The van der Waals surface area contributed by atoms with Gasteiger partial charge in [-0.1, -0.05) is 39.2 Å². The molecular formula is C21H34N4O3. The van der Waals surface area contributed by atoms with Crippen LogP contribution in [0, 0.1) is 11.8 Å². The van der Waals surface area contributed by atoms with Crippen LogP contribution in [0.4, 0.5) is 0 Å². The van der Waals surface area contributed by atoms with Crippen LogP contribution in [0.3, 0.4) is 0 Å². The summed E-state index contributed by atoms with van der Waals surface area (Å²) < 4.78 is 6.11. The summed E-state index contributed by atoms with van der Waals surface area (Å²) in [5.74, 6) is -0.320. The highest BCUT2D eigenvalue weighted by molar-refractivity contribution is 6.18. The summed E-state index contributed by atoms with van der Waals surface area (Å²) >= 11 is 0. The average molecular weight is 391 g/mol. The monoisotopic (exact) mass is 390 g/mol. The Kier molecular flexibility index (Phi) is 7.10. The molecule has 3 atom stereocenters. The van der Waals surface area contributed by atoms with Gasteiger partial charge in [0.15, 0.2) is 0 Å². The molecule has 3 aliphatic rings. The predicted molar refractivity (Wildman–Crippen MR) is 108 cm³/mol. The minimum absolute atomic E-state index is 0.00262. The Labute approximate surface area is 167 Å². The number of nitrogens with two attached hydrogens (primary N) is 1. The fraction of sp³-hybridized carbons (Fsp3) is 0.762. The molecule has 2 fully saturated rings. The Morgan fingerprint density at radius 2 is 1.89 bits per heavy atom. The third-order valence-corrected chi connectivity index (χ3v) is 6.53. The zero-order chi connectivity index (χ0) is 20.1. The van der Waals surface area contributed by atoms with Crippen molar-refractivity contribution in [3.8, 4) is 0 Å². The number of primary amides is 1. The summed E-state index contributed by atoms with van der Waals surface area (Å²) in [6, 6.07) is 0.470. The van der Waals surface area contributed by atoms with Gasteiger partial charge in [0.05, 0.1) is 5.57 Å². The van der Waals surface area contributed by atoms with Crippen molar-refractivity contribution in [3.63, 3.8) is 0 Å². The Bertz CT molecular complexity index is 636. The van der Waals surface area contributed by atoms with Crippen LogP contribution in [0.1, 0.15) is 65.2 Å². The van der Waals surface area contributed by atoms with Gasteiger partial charge in [-0.25, -0.2) is 5.43 Å². The summed E-state index contributed by atoms with van der Waals surface area (Å²) in [4.78, 5) is 26.8. The van der Waals surface area contributed by atoms with Crippen LogP contribution < -0.4 is 11.2 Å². The van der Waals surface area contributed by atoms with E-state index < -0.39 is 5.91 Å². The second kappa shape index (κ2) is 9.54. The molecule has 0 spiro atoms. The van der Waals surface area contributed by atoms with Gasteiger partial charge in [-0.3, -0.25) is 9.59 Å². The maximum Gasteiger partial charge on any atom is 0.253 e. The minimum Gasteiger partial charge on any atom is -0.472 e. The lowest BCUT2D eigenvalue weighted by atomic mass is 9.80. The molecule has 0 aromatic rings. The van der Waals surface area contributed by atoms with Gasteiger partial charge in [0.2, 0.25) is 11.8 Å². The molecule has 0 aromatic carbocycles. The summed E-state index contributed by atoms with van der Waals surface area (Å²) in [6.07, 6.45) is 9.94. The third kappa shape index (κ3) is 4.74. The number of amides is 2. The SMILES string of the molecule is CCN(CC)C1CCC2C=C(C(N)=O)/C(=N\NC(=O)C3CCCCC3)OC2C1. The van der Waals surface area contributed by atoms with E-state index >= 15 is 0 Å². The summed E-state index contributed by atoms with van der Waals surface area (Å²) in [5, 5.41) is 4.17. The molecule has 0 saturated heterocycles. The van der Waals surface area contributed by atoms with Crippen molar-refractivity contribution in [2.24, 2.45) is 22.7 Å². The fourth-order valence-electron chi connectivity index (χ4n) is 4.86. The zero-order valence-corrected chi connectivity index (χ0v) is 17.2. The number of rotatable bonds is 6. The lowest BCUT2D eigenvalue weighted by Crippen LogP contribution is -2.47. The van der Waals surface area contributed by atoms with Crippen molar-refractivity contribution < 1.29 is 14.3 Å². The lowest BCUT2D eigenvalue weighted by Gasteiger charge is -2.41. The Morgan fingerprint density at radius 1 is 1.18 bits per heavy atom. The van der Waals surface area contributed by atoms with Crippen LogP contribution in [-0.2, 0) is 14.3 Å². The smallest absolute Gasteiger partial charge is 0.253 e. The number of carbonyl (C=O) groups is 2. The number of hydrogen-bond donors (Lipinski definition) is 2. The quantitative estimate of drug-likeness (QED) is 0.680. The molecule has 7 nitrogen and oxygen atoms in total. The molecule has 2 aliphatic carbocycles. The molecular weight excluding hydrogens is 356 g/mol. The Hall–Kier alpha value is -1.89. The zero-order valence-electron chi connectivity index (χ0n) is 17.2. The number of carbonyl (C=O) groups excluding carboxylic acids is 2. The van der Waals surface area contributed by atoms with Crippen LogP contribution in [0.25, 0.3) is 0 Å². The summed E-state index contributed by atoms with van der Waals surface area (Å²) in [6.45, 7) is 6.38. The fourth-order valence-corrected chi connectivity index (χ4v) is 4.86. The molecule has 3 N–H and O–H groups in total. The van der Waals surface area contributed by atoms with E-state index in [2.05, 4.69) is 29.3 Å². The van der Waals surface area contributed by atoms with E-state index in [1.807, 2.05) is 6.08 Å². The van der Waals surface area contributed by atoms with E-state index in [9.17, 15) is 9.59 Å². The first-order valence-corrected chi connectivity index (χ1v) is 10.8. The summed E-state index contributed by atoms with van der Waals surface area (Å²) in [7, 11) is 0. The normalized spacial score (nSPS) is 29.8. The molecule has 7 heteroatoms. The van der Waals surface area contributed by atoms with Crippen molar-refractivity contribution in [3.05, 3.63) is 11.6 Å². The van der Waals surface area contributed by atoms with E-state index in [0.29, 0.717) is 6.04 Å². The highest BCUT2D eigenvalue weighted by Crippen LogP contribution is 2.35. The lowest BCUT2D eigenvalue weighted by molar-refractivity contribution is -0.126. The molecule has 1 aliphatic heterocycles. The molecule has 156 valence electrons. The van der Waals surface area contributed by atoms with E-state index in [1.54, 1.807) is 0 Å². The number of hydrogen-bond acceptors (Lipinski definition) is 5. The number of ether oxygens (including phenoxy) is 1. The van der Waals surface area contributed by atoms with Crippen LogP contribution in [-0.4, -0.2) is 47.8 Å². The maximum absolute atomic E-state index is 12.4. The van der Waals surface area contributed by atoms with E-state index in [4.69, 9.17) is 10.5 Å². The molecule has 0 bridgehead atoms. The summed E-state index contributed by atoms with van der Waals surface area (Å²) in [5.41, 5.74) is 8.47. The largest absolute Gasteiger partial charge is 0.472 e. The van der Waals surface area contributed by atoms with Crippen LogP contribution in [0.5, 0.6) is 0 Å². The van der Waals surface area contributed by atoms with Crippen molar-refractivity contribution >= 4 is 17.7 Å². The Morgan fingerprint density at radius 3 is 2.54 bits per heavy atom. The minimum atomic E-state index is -0.560. The van der Waals surface area contributed by atoms with Gasteiger partial charge in [-0.2, -0.15) is 0 Å². The highest BCUT2D eigenvalue weighted by atomic mass is 16.5. The topological polar surface area (TPSA) is 97.0 Å². The average Bonchev–Trinajstić information content (AvgIpc) is 2.72. The highest BCUT2D eigenvalue weighted by Gasteiger charge is 2.38. The van der Waals surface area contributed by atoms with Crippen molar-refractivity contribution in [1.29, 1.82) is 0 Å². The van der Waals surface area contributed by atoms with E-state index in [0.717, 1.165) is 58.0 Å². The van der Waals surface area contributed by atoms with Gasteiger partial charge >= 0.3 is 0 Å².